The molecule has 0 radical (unpaired) electrons. The Kier molecular flexibility index (Phi) is 6.59. The van der Waals surface area contributed by atoms with Crippen molar-refractivity contribution >= 4 is 11.8 Å². The van der Waals surface area contributed by atoms with E-state index in [0.717, 1.165) is 22.3 Å². The van der Waals surface area contributed by atoms with Gasteiger partial charge in [0.2, 0.25) is 5.91 Å². The summed E-state index contributed by atoms with van der Waals surface area (Å²) in [6, 6.07) is 21.0. The van der Waals surface area contributed by atoms with Gasteiger partial charge in [-0.1, -0.05) is 48.0 Å². The van der Waals surface area contributed by atoms with Crippen molar-refractivity contribution in [2.45, 2.75) is 38.9 Å². The highest BCUT2D eigenvalue weighted by molar-refractivity contribution is 6.02. The number of hydrogen-bond acceptors (Lipinski definition) is 4. The summed E-state index contributed by atoms with van der Waals surface area (Å²) >= 11 is 0. The van der Waals surface area contributed by atoms with E-state index in [0.29, 0.717) is 30.0 Å². The number of carbonyl (C=O) groups excluding carboxylic acids is 2. The Morgan fingerprint density at radius 2 is 1.62 bits per heavy atom. The molecule has 1 aliphatic rings. The van der Waals surface area contributed by atoms with Gasteiger partial charge in [-0.15, -0.1) is 0 Å². The molecule has 3 aromatic carbocycles. The third kappa shape index (κ3) is 4.62. The number of methoxy groups -OCH3 is 2. The Morgan fingerprint density at radius 1 is 0.971 bits per heavy atom. The second-order valence-electron chi connectivity index (χ2n) is 8.89. The van der Waals surface area contributed by atoms with Gasteiger partial charge in [0.15, 0.2) is 0 Å². The summed E-state index contributed by atoms with van der Waals surface area (Å²) in [5.74, 6) is 0.900. The van der Waals surface area contributed by atoms with Crippen LogP contribution in [0.25, 0.3) is 0 Å². The number of nitrogens with one attached hydrogen (secondary N) is 1. The fourth-order valence-corrected chi connectivity index (χ4v) is 4.39. The van der Waals surface area contributed by atoms with Crippen LogP contribution in [-0.4, -0.2) is 36.5 Å². The second-order valence-corrected chi connectivity index (χ2v) is 8.89. The Bertz CT molecular complexity index is 1180. The molecule has 0 unspecified atom stereocenters. The second kappa shape index (κ2) is 9.59. The molecule has 34 heavy (non-hydrogen) atoms. The predicted molar refractivity (Wildman–Crippen MR) is 131 cm³/mol. The van der Waals surface area contributed by atoms with Gasteiger partial charge in [-0.05, 0) is 48.7 Å². The van der Waals surface area contributed by atoms with Crippen LogP contribution in [-0.2, 0) is 24.3 Å². The SMILES string of the molecule is COc1cc(CN2C(=O)c3ccccc3C[C@]2(C)C(=O)NCc2ccc(C)cc2)cc(OC)c1. The van der Waals surface area contributed by atoms with Gasteiger partial charge in [-0.25, -0.2) is 0 Å². The number of amides is 2. The lowest BCUT2D eigenvalue weighted by Gasteiger charge is -2.44. The lowest BCUT2D eigenvalue weighted by Crippen LogP contribution is -2.62. The van der Waals surface area contributed by atoms with Gasteiger partial charge in [-0.2, -0.15) is 0 Å². The minimum absolute atomic E-state index is 0.170. The van der Waals surface area contributed by atoms with E-state index >= 15 is 0 Å². The Labute approximate surface area is 200 Å². The van der Waals surface area contributed by atoms with E-state index in [1.165, 1.54) is 0 Å². The minimum atomic E-state index is -1.06. The van der Waals surface area contributed by atoms with E-state index in [2.05, 4.69) is 5.32 Å². The average Bonchev–Trinajstić information content (AvgIpc) is 2.85. The first-order valence-electron chi connectivity index (χ1n) is 11.3. The molecule has 0 bridgehead atoms. The van der Waals surface area contributed by atoms with Crippen LogP contribution < -0.4 is 14.8 Å². The van der Waals surface area contributed by atoms with Crippen LogP contribution in [0.5, 0.6) is 11.5 Å². The highest BCUT2D eigenvalue weighted by atomic mass is 16.5. The lowest BCUT2D eigenvalue weighted by atomic mass is 9.82. The number of rotatable bonds is 7. The molecule has 6 heteroatoms. The van der Waals surface area contributed by atoms with Crippen LogP contribution in [0, 0.1) is 6.92 Å². The van der Waals surface area contributed by atoms with Crippen LogP contribution in [0.15, 0.2) is 66.7 Å². The average molecular weight is 459 g/mol. The summed E-state index contributed by atoms with van der Waals surface area (Å²) in [6.07, 6.45) is 0.426. The van der Waals surface area contributed by atoms with E-state index in [-0.39, 0.29) is 18.4 Å². The highest BCUT2D eigenvalue weighted by Crippen LogP contribution is 2.34. The molecule has 4 rings (SSSR count). The summed E-state index contributed by atoms with van der Waals surface area (Å²) in [4.78, 5) is 28.9. The smallest absolute Gasteiger partial charge is 0.255 e. The van der Waals surface area contributed by atoms with Crippen molar-refractivity contribution < 1.29 is 19.1 Å². The maximum Gasteiger partial charge on any atom is 0.255 e. The first-order valence-corrected chi connectivity index (χ1v) is 11.3. The van der Waals surface area contributed by atoms with Gasteiger partial charge in [0.05, 0.1) is 14.2 Å². The minimum Gasteiger partial charge on any atom is -0.497 e. The van der Waals surface area contributed by atoms with Crippen molar-refractivity contribution in [2.24, 2.45) is 0 Å². The molecule has 0 aliphatic carbocycles. The van der Waals surface area contributed by atoms with E-state index in [1.807, 2.05) is 74.5 Å². The molecule has 0 fully saturated rings. The normalized spacial score (nSPS) is 17.2. The molecule has 3 aromatic rings. The summed E-state index contributed by atoms with van der Waals surface area (Å²) in [6.45, 7) is 4.50. The van der Waals surface area contributed by atoms with Gasteiger partial charge in [0, 0.05) is 31.1 Å². The molecular weight excluding hydrogens is 428 g/mol. The van der Waals surface area contributed by atoms with E-state index in [1.54, 1.807) is 25.2 Å². The van der Waals surface area contributed by atoms with Gasteiger partial charge in [-0.3, -0.25) is 9.59 Å². The molecule has 0 saturated heterocycles. The van der Waals surface area contributed by atoms with Crippen LogP contribution in [0.4, 0.5) is 0 Å². The maximum atomic E-state index is 13.6. The Hall–Kier alpha value is -3.80. The first kappa shape index (κ1) is 23.4. The number of carbonyl (C=O) groups is 2. The molecule has 0 aromatic heterocycles. The van der Waals surface area contributed by atoms with Crippen LogP contribution in [0.2, 0.25) is 0 Å². The van der Waals surface area contributed by atoms with Crippen molar-refractivity contribution in [2.75, 3.05) is 14.2 Å². The third-order valence-corrected chi connectivity index (χ3v) is 6.44. The predicted octanol–water partition coefficient (Wildman–Crippen LogP) is 4.29. The monoisotopic (exact) mass is 458 g/mol. The van der Waals surface area contributed by atoms with Crippen molar-refractivity contribution in [3.8, 4) is 11.5 Å². The zero-order chi connectivity index (χ0) is 24.3. The number of ether oxygens (including phenoxy) is 2. The summed E-state index contributed by atoms with van der Waals surface area (Å²) in [5, 5.41) is 3.06. The summed E-state index contributed by atoms with van der Waals surface area (Å²) < 4.78 is 10.8. The molecule has 176 valence electrons. The molecular formula is C28H30N2O4. The molecule has 6 nitrogen and oxygen atoms in total. The maximum absolute atomic E-state index is 13.6. The van der Waals surface area contributed by atoms with E-state index < -0.39 is 5.54 Å². The highest BCUT2D eigenvalue weighted by Gasteiger charge is 2.46. The number of hydrogen-bond donors (Lipinski definition) is 1. The van der Waals surface area contributed by atoms with E-state index in [4.69, 9.17) is 9.47 Å². The van der Waals surface area contributed by atoms with Crippen LogP contribution in [0.3, 0.4) is 0 Å². The third-order valence-electron chi connectivity index (χ3n) is 6.44. The number of fused-ring (bicyclic) bond motifs is 1. The fourth-order valence-electron chi connectivity index (χ4n) is 4.39. The fraction of sp³-hybridized carbons (Fsp3) is 0.286. The van der Waals surface area contributed by atoms with Crippen molar-refractivity contribution in [1.29, 1.82) is 0 Å². The topological polar surface area (TPSA) is 67.9 Å². The first-order chi connectivity index (χ1) is 16.3. The summed E-state index contributed by atoms with van der Waals surface area (Å²) in [7, 11) is 3.17. The van der Waals surface area contributed by atoms with Crippen LogP contribution >= 0.6 is 0 Å². The molecule has 1 N–H and O–H groups in total. The van der Waals surface area contributed by atoms with Crippen molar-refractivity contribution in [3.05, 3.63) is 94.5 Å². The Morgan fingerprint density at radius 3 is 2.26 bits per heavy atom. The number of aryl methyl sites for hydroxylation is 1. The molecule has 0 spiro atoms. The zero-order valence-corrected chi connectivity index (χ0v) is 20.1. The van der Waals surface area contributed by atoms with Gasteiger partial charge in [0.25, 0.3) is 5.91 Å². The summed E-state index contributed by atoms with van der Waals surface area (Å²) in [5.41, 5.74) is 3.43. The molecule has 2 amide bonds. The zero-order valence-electron chi connectivity index (χ0n) is 20.1. The molecule has 1 atom stereocenters. The van der Waals surface area contributed by atoms with Gasteiger partial charge >= 0.3 is 0 Å². The van der Waals surface area contributed by atoms with E-state index in [9.17, 15) is 9.59 Å². The van der Waals surface area contributed by atoms with Gasteiger partial charge in [0.1, 0.15) is 17.0 Å². The van der Waals surface area contributed by atoms with Crippen molar-refractivity contribution in [1.82, 2.24) is 10.2 Å². The van der Waals surface area contributed by atoms with Crippen molar-refractivity contribution in [3.63, 3.8) is 0 Å². The lowest BCUT2D eigenvalue weighted by molar-refractivity contribution is -0.132. The molecule has 1 heterocycles. The standard InChI is InChI=1S/C28H30N2O4/c1-19-9-11-20(12-10-19)17-29-27(32)28(2)16-22-7-5-6-8-25(22)26(31)30(28)18-21-13-23(33-3)15-24(14-21)34-4/h5-15H,16-18H2,1-4H3,(H,29,32)/t28-/m1/s1. The number of nitrogens with zero attached hydrogens (tertiary/aromatic N) is 1. The quantitative estimate of drug-likeness (QED) is 0.574. The van der Waals surface area contributed by atoms with Gasteiger partial charge < -0.3 is 19.7 Å². The number of benzene rings is 3. The molecule has 0 saturated carbocycles. The van der Waals surface area contributed by atoms with Crippen LogP contribution in [0.1, 0.15) is 39.5 Å². The molecule has 1 aliphatic heterocycles. The largest absolute Gasteiger partial charge is 0.497 e. The Balaban J connectivity index is 1.67.